The van der Waals surface area contributed by atoms with E-state index in [0.29, 0.717) is 12.6 Å². The van der Waals surface area contributed by atoms with Gasteiger partial charge in [0, 0.05) is 19.1 Å². The summed E-state index contributed by atoms with van der Waals surface area (Å²) in [5.41, 5.74) is 0. The van der Waals surface area contributed by atoms with Gasteiger partial charge < -0.3 is 15.5 Å². The van der Waals surface area contributed by atoms with Crippen LogP contribution in [-0.2, 0) is 4.79 Å². The molecule has 2 unspecified atom stereocenters. The van der Waals surface area contributed by atoms with Gasteiger partial charge in [-0.25, -0.2) is 0 Å². The van der Waals surface area contributed by atoms with Crippen LogP contribution >= 0.6 is 0 Å². The van der Waals surface area contributed by atoms with Crippen LogP contribution in [0, 0.1) is 0 Å². The van der Waals surface area contributed by atoms with Crippen LogP contribution in [-0.4, -0.2) is 50.1 Å². The van der Waals surface area contributed by atoms with Gasteiger partial charge in [-0.05, 0) is 34.4 Å². The van der Waals surface area contributed by atoms with Crippen molar-refractivity contribution in [3.63, 3.8) is 0 Å². The summed E-state index contributed by atoms with van der Waals surface area (Å²) in [7, 11) is 3.87. The molecule has 0 aliphatic rings. The Kier molecular flexibility index (Phi) is 7.34. The van der Waals surface area contributed by atoms with Crippen molar-refractivity contribution >= 4 is 5.91 Å². The van der Waals surface area contributed by atoms with Gasteiger partial charge >= 0.3 is 0 Å². The van der Waals surface area contributed by atoms with Crippen molar-refractivity contribution in [1.29, 1.82) is 0 Å². The normalized spacial score (nSPS) is 15.1. The topological polar surface area (TPSA) is 44.4 Å². The van der Waals surface area contributed by atoms with E-state index in [2.05, 4.69) is 36.4 Å². The Morgan fingerprint density at radius 3 is 2.47 bits per heavy atom. The predicted molar refractivity (Wildman–Crippen MR) is 63.9 cm³/mol. The second-order valence-electron chi connectivity index (χ2n) is 4.04. The van der Waals surface area contributed by atoms with Crippen LogP contribution in [0.5, 0.6) is 0 Å². The van der Waals surface area contributed by atoms with Crippen LogP contribution in [0.2, 0.25) is 0 Å². The van der Waals surface area contributed by atoms with Crippen molar-refractivity contribution in [3.05, 3.63) is 0 Å². The number of rotatable bonds is 7. The molecular weight excluding hydrogens is 190 g/mol. The minimum Gasteiger partial charge on any atom is -0.353 e. The Bertz CT molecular complexity index is 185. The smallest absolute Gasteiger partial charge is 0.236 e. The zero-order valence-corrected chi connectivity index (χ0v) is 10.6. The van der Waals surface area contributed by atoms with Crippen molar-refractivity contribution in [3.8, 4) is 0 Å². The molecule has 0 aliphatic heterocycles. The van der Waals surface area contributed by atoms with Gasteiger partial charge in [0.2, 0.25) is 5.91 Å². The molecule has 90 valence electrons. The maximum absolute atomic E-state index is 11.4. The third kappa shape index (κ3) is 5.74. The van der Waals surface area contributed by atoms with Gasteiger partial charge in [0.15, 0.2) is 0 Å². The number of carbonyl (C=O) groups excluding carboxylic acids is 1. The number of nitrogens with zero attached hydrogens (tertiary/aromatic N) is 1. The van der Waals surface area contributed by atoms with Crippen molar-refractivity contribution in [1.82, 2.24) is 15.5 Å². The molecule has 0 aliphatic carbocycles. The molecule has 0 heterocycles. The second-order valence-corrected chi connectivity index (χ2v) is 4.04. The van der Waals surface area contributed by atoms with Crippen LogP contribution < -0.4 is 10.6 Å². The highest BCUT2D eigenvalue weighted by molar-refractivity contribution is 5.81. The highest BCUT2D eigenvalue weighted by atomic mass is 16.2. The first-order chi connectivity index (χ1) is 7.02. The summed E-state index contributed by atoms with van der Waals surface area (Å²) >= 11 is 0. The maximum atomic E-state index is 11.4. The summed E-state index contributed by atoms with van der Waals surface area (Å²) in [6.07, 6.45) is 1.14. The molecule has 1 amide bonds. The average molecular weight is 215 g/mol. The summed E-state index contributed by atoms with van der Waals surface area (Å²) in [5, 5.41) is 5.81. The maximum Gasteiger partial charge on any atom is 0.236 e. The van der Waals surface area contributed by atoms with Crippen molar-refractivity contribution in [2.75, 3.05) is 27.2 Å². The van der Waals surface area contributed by atoms with E-state index in [9.17, 15) is 4.79 Å². The van der Waals surface area contributed by atoms with Crippen molar-refractivity contribution in [2.45, 2.75) is 39.3 Å². The van der Waals surface area contributed by atoms with E-state index in [-0.39, 0.29) is 11.9 Å². The molecule has 2 N–H and O–H groups in total. The molecule has 0 aromatic rings. The Morgan fingerprint density at radius 2 is 2.00 bits per heavy atom. The highest BCUT2D eigenvalue weighted by Crippen LogP contribution is 1.98. The van der Waals surface area contributed by atoms with E-state index < -0.39 is 0 Å². The van der Waals surface area contributed by atoms with Gasteiger partial charge in [-0.2, -0.15) is 0 Å². The largest absolute Gasteiger partial charge is 0.353 e. The number of amides is 1. The summed E-state index contributed by atoms with van der Waals surface area (Å²) in [6.45, 7) is 7.83. The monoisotopic (exact) mass is 215 g/mol. The van der Waals surface area contributed by atoms with Gasteiger partial charge in [-0.1, -0.05) is 6.92 Å². The Hall–Kier alpha value is -0.610. The third-order valence-corrected chi connectivity index (χ3v) is 2.93. The molecule has 0 saturated carbocycles. The fraction of sp³-hybridized carbons (Fsp3) is 0.909. The Labute approximate surface area is 93.4 Å². The summed E-state index contributed by atoms with van der Waals surface area (Å²) < 4.78 is 0. The van der Waals surface area contributed by atoms with E-state index >= 15 is 0 Å². The van der Waals surface area contributed by atoms with E-state index in [1.54, 1.807) is 7.05 Å². The van der Waals surface area contributed by atoms with Gasteiger partial charge in [0.05, 0.1) is 6.04 Å². The van der Waals surface area contributed by atoms with Crippen molar-refractivity contribution in [2.24, 2.45) is 0 Å². The van der Waals surface area contributed by atoms with E-state index in [1.165, 1.54) is 0 Å². The standard InChI is InChI=1S/C11H25N3O/c1-6-9(2)14(5)8-7-13-11(15)10(3)12-4/h9-10,12H,6-8H2,1-5H3,(H,13,15). The first-order valence-electron chi connectivity index (χ1n) is 5.68. The number of carbonyl (C=O) groups is 1. The second kappa shape index (κ2) is 7.65. The molecule has 0 fully saturated rings. The van der Waals surface area contributed by atoms with Gasteiger partial charge in [0.25, 0.3) is 0 Å². The van der Waals surface area contributed by atoms with Crippen LogP contribution in [0.25, 0.3) is 0 Å². The first-order valence-corrected chi connectivity index (χ1v) is 5.68. The zero-order chi connectivity index (χ0) is 11.8. The fourth-order valence-electron chi connectivity index (χ4n) is 1.17. The molecule has 0 bridgehead atoms. The highest BCUT2D eigenvalue weighted by Gasteiger charge is 2.10. The van der Waals surface area contributed by atoms with Crippen LogP contribution in [0.3, 0.4) is 0 Å². The lowest BCUT2D eigenvalue weighted by Crippen LogP contribution is -2.43. The Morgan fingerprint density at radius 1 is 1.40 bits per heavy atom. The molecule has 0 spiro atoms. The molecule has 0 aromatic heterocycles. The average Bonchev–Trinajstić information content (AvgIpc) is 2.26. The Balaban J connectivity index is 3.65. The fourth-order valence-corrected chi connectivity index (χ4v) is 1.17. The number of hydrogen-bond donors (Lipinski definition) is 2. The van der Waals surface area contributed by atoms with E-state index in [1.807, 2.05) is 6.92 Å². The lowest BCUT2D eigenvalue weighted by molar-refractivity contribution is -0.122. The molecule has 0 saturated heterocycles. The van der Waals surface area contributed by atoms with Crippen LogP contribution in [0.4, 0.5) is 0 Å². The minimum atomic E-state index is -0.112. The van der Waals surface area contributed by atoms with Crippen LogP contribution in [0.15, 0.2) is 0 Å². The SMILES string of the molecule is CCC(C)N(C)CCNC(=O)C(C)NC. The molecular formula is C11H25N3O. The summed E-state index contributed by atoms with van der Waals surface area (Å²) in [4.78, 5) is 13.7. The molecule has 4 nitrogen and oxygen atoms in total. The minimum absolute atomic E-state index is 0.0649. The van der Waals surface area contributed by atoms with Crippen molar-refractivity contribution < 1.29 is 4.79 Å². The molecule has 2 atom stereocenters. The lowest BCUT2D eigenvalue weighted by atomic mass is 10.2. The molecule has 0 rings (SSSR count). The molecule has 0 radical (unpaired) electrons. The van der Waals surface area contributed by atoms with E-state index in [0.717, 1.165) is 13.0 Å². The number of likely N-dealkylation sites (N-methyl/N-ethyl adjacent to an activating group) is 2. The van der Waals surface area contributed by atoms with E-state index in [4.69, 9.17) is 0 Å². The quantitative estimate of drug-likeness (QED) is 0.648. The van der Waals surface area contributed by atoms with Gasteiger partial charge in [-0.3, -0.25) is 4.79 Å². The predicted octanol–water partition coefficient (Wildman–Crippen LogP) is 0.441. The molecule has 4 heteroatoms. The lowest BCUT2D eigenvalue weighted by Gasteiger charge is -2.23. The number of nitrogens with one attached hydrogen (secondary N) is 2. The summed E-state index contributed by atoms with van der Waals surface area (Å²) in [6, 6.07) is 0.461. The zero-order valence-electron chi connectivity index (χ0n) is 10.6. The first kappa shape index (κ1) is 14.4. The van der Waals surface area contributed by atoms with Gasteiger partial charge in [-0.15, -0.1) is 0 Å². The molecule has 0 aromatic carbocycles. The number of hydrogen-bond acceptors (Lipinski definition) is 3. The third-order valence-electron chi connectivity index (χ3n) is 2.93. The molecule has 15 heavy (non-hydrogen) atoms. The van der Waals surface area contributed by atoms with Gasteiger partial charge in [0.1, 0.15) is 0 Å². The summed E-state index contributed by atoms with van der Waals surface area (Å²) in [5.74, 6) is 0.0649. The van der Waals surface area contributed by atoms with Crippen LogP contribution in [0.1, 0.15) is 27.2 Å².